The van der Waals surface area contributed by atoms with Crippen LogP contribution in [-0.4, -0.2) is 0 Å². The van der Waals surface area contributed by atoms with Crippen LogP contribution in [0.1, 0.15) is 11.1 Å². The van der Waals surface area contributed by atoms with E-state index in [1.54, 1.807) is 0 Å². The molecule has 11 heavy (non-hydrogen) atoms. The number of hydrogen-bond acceptors (Lipinski definition) is 1. The summed E-state index contributed by atoms with van der Waals surface area (Å²) in [5.74, 6) is 0. The van der Waals surface area contributed by atoms with Crippen molar-refractivity contribution in [3.8, 4) is 0 Å². The molecule has 0 atom stereocenters. The predicted octanol–water partition coefficient (Wildman–Crippen LogP) is 2.80. The van der Waals surface area contributed by atoms with Gasteiger partial charge in [0, 0.05) is 16.3 Å². The van der Waals surface area contributed by atoms with Crippen molar-refractivity contribution in [2.45, 2.75) is 11.9 Å². The third-order valence-corrected chi connectivity index (χ3v) is 2.88. The Bertz CT molecular complexity index is 248. The average Bonchev–Trinajstić information content (AvgIpc) is 2.04. The standard InChI is InChI=1S/C8H9Br2N/c9-4-6-1-2-7(5-11)8(10)3-6/h1-3H,4-5,11H2. The first kappa shape index (κ1) is 9.23. The third kappa shape index (κ3) is 2.29. The summed E-state index contributed by atoms with van der Waals surface area (Å²) in [6, 6.07) is 6.19. The fourth-order valence-electron chi connectivity index (χ4n) is 0.839. The maximum atomic E-state index is 5.50. The number of nitrogens with two attached hydrogens (primary N) is 1. The Morgan fingerprint density at radius 2 is 2.09 bits per heavy atom. The van der Waals surface area contributed by atoms with Crippen LogP contribution in [0.25, 0.3) is 0 Å². The zero-order valence-electron chi connectivity index (χ0n) is 5.98. The van der Waals surface area contributed by atoms with Crippen LogP contribution in [0.2, 0.25) is 0 Å². The smallest absolute Gasteiger partial charge is 0.0283 e. The molecule has 1 rings (SSSR count). The minimum Gasteiger partial charge on any atom is -0.326 e. The minimum atomic E-state index is 0.586. The van der Waals surface area contributed by atoms with Gasteiger partial charge in [0.15, 0.2) is 0 Å². The first-order chi connectivity index (χ1) is 5.27. The lowest BCUT2D eigenvalue weighted by molar-refractivity contribution is 1.06. The molecule has 0 aromatic heterocycles. The Morgan fingerprint density at radius 1 is 1.36 bits per heavy atom. The van der Waals surface area contributed by atoms with E-state index in [1.165, 1.54) is 5.56 Å². The van der Waals surface area contributed by atoms with Crippen molar-refractivity contribution in [2.24, 2.45) is 5.73 Å². The Kier molecular flexibility index (Phi) is 3.55. The number of hydrogen-bond donors (Lipinski definition) is 1. The van der Waals surface area contributed by atoms with E-state index in [1.807, 2.05) is 6.07 Å². The van der Waals surface area contributed by atoms with Crippen LogP contribution in [0.5, 0.6) is 0 Å². The molecule has 0 saturated heterocycles. The van der Waals surface area contributed by atoms with Crippen molar-refractivity contribution in [1.82, 2.24) is 0 Å². The molecule has 0 radical (unpaired) electrons. The first-order valence-electron chi connectivity index (χ1n) is 3.31. The molecule has 1 aromatic rings. The van der Waals surface area contributed by atoms with E-state index in [0.29, 0.717) is 6.54 Å². The SMILES string of the molecule is NCc1ccc(CBr)cc1Br. The van der Waals surface area contributed by atoms with Gasteiger partial charge in [0.05, 0.1) is 0 Å². The highest BCUT2D eigenvalue weighted by Gasteiger charge is 1.97. The quantitative estimate of drug-likeness (QED) is 0.828. The van der Waals surface area contributed by atoms with Crippen LogP contribution in [0.4, 0.5) is 0 Å². The molecular weight excluding hydrogens is 270 g/mol. The normalized spacial score (nSPS) is 10.1. The van der Waals surface area contributed by atoms with E-state index < -0.39 is 0 Å². The number of rotatable bonds is 2. The van der Waals surface area contributed by atoms with Gasteiger partial charge in [0.25, 0.3) is 0 Å². The molecule has 0 bridgehead atoms. The van der Waals surface area contributed by atoms with Gasteiger partial charge in [-0.2, -0.15) is 0 Å². The van der Waals surface area contributed by atoms with Gasteiger partial charge in [-0.15, -0.1) is 0 Å². The molecule has 1 nitrogen and oxygen atoms in total. The molecule has 0 fully saturated rings. The van der Waals surface area contributed by atoms with Crippen molar-refractivity contribution >= 4 is 31.9 Å². The van der Waals surface area contributed by atoms with Crippen LogP contribution in [-0.2, 0) is 11.9 Å². The molecule has 0 amide bonds. The van der Waals surface area contributed by atoms with Crippen LogP contribution in [0.3, 0.4) is 0 Å². The second kappa shape index (κ2) is 4.24. The average molecular weight is 279 g/mol. The lowest BCUT2D eigenvalue weighted by Crippen LogP contribution is -1.97. The molecule has 0 spiro atoms. The zero-order valence-corrected chi connectivity index (χ0v) is 9.15. The van der Waals surface area contributed by atoms with E-state index in [-0.39, 0.29) is 0 Å². The number of benzene rings is 1. The van der Waals surface area contributed by atoms with E-state index in [4.69, 9.17) is 5.73 Å². The van der Waals surface area contributed by atoms with E-state index >= 15 is 0 Å². The predicted molar refractivity (Wildman–Crippen MR) is 54.7 cm³/mol. The van der Waals surface area contributed by atoms with Gasteiger partial charge in [-0.05, 0) is 17.2 Å². The van der Waals surface area contributed by atoms with Crippen molar-refractivity contribution in [1.29, 1.82) is 0 Å². The van der Waals surface area contributed by atoms with Crippen molar-refractivity contribution < 1.29 is 0 Å². The maximum Gasteiger partial charge on any atom is 0.0283 e. The molecule has 0 aliphatic carbocycles. The highest BCUT2D eigenvalue weighted by Crippen LogP contribution is 2.19. The van der Waals surface area contributed by atoms with Gasteiger partial charge in [0.1, 0.15) is 0 Å². The summed E-state index contributed by atoms with van der Waals surface area (Å²) in [5, 5.41) is 0.885. The summed E-state index contributed by atoms with van der Waals surface area (Å²) in [4.78, 5) is 0. The van der Waals surface area contributed by atoms with Crippen LogP contribution in [0.15, 0.2) is 22.7 Å². The van der Waals surface area contributed by atoms with Crippen LogP contribution in [0, 0.1) is 0 Å². The summed E-state index contributed by atoms with van der Waals surface area (Å²) in [7, 11) is 0. The Labute approximate surface area is 83.2 Å². The van der Waals surface area contributed by atoms with Gasteiger partial charge >= 0.3 is 0 Å². The zero-order chi connectivity index (χ0) is 8.27. The molecule has 0 aliphatic heterocycles. The number of halogens is 2. The van der Waals surface area contributed by atoms with E-state index in [2.05, 4.69) is 44.0 Å². The maximum absolute atomic E-state index is 5.50. The molecule has 60 valence electrons. The topological polar surface area (TPSA) is 26.0 Å². The molecule has 0 heterocycles. The highest BCUT2D eigenvalue weighted by molar-refractivity contribution is 9.10. The molecule has 3 heteroatoms. The molecular formula is C8H9Br2N. The van der Waals surface area contributed by atoms with Gasteiger partial charge in [-0.1, -0.05) is 44.0 Å². The summed E-state index contributed by atoms with van der Waals surface area (Å²) in [6.07, 6.45) is 0. The lowest BCUT2D eigenvalue weighted by atomic mass is 10.1. The van der Waals surface area contributed by atoms with E-state index in [0.717, 1.165) is 15.4 Å². The molecule has 0 aliphatic rings. The Morgan fingerprint density at radius 3 is 2.55 bits per heavy atom. The first-order valence-corrected chi connectivity index (χ1v) is 5.22. The number of alkyl halides is 1. The summed E-state index contributed by atoms with van der Waals surface area (Å²) < 4.78 is 1.09. The monoisotopic (exact) mass is 277 g/mol. The largest absolute Gasteiger partial charge is 0.326 e. The fourth-order valence-corrected chi connectivity index (χ4v) is 1.78. The van der Waals surface area contributed by atoms with Gasteiger partial charge in [0.2, 0.25) is 0 Å². The van der Waals surface area contributed by atoms with Gasteiger partial charge < -0.3 is 5.73 Å². The molecule has 0 saturated carbocycles. The van der Waals surface area contributed by atoms with Gasteiger partial charge in [-0.3, -0.25) is 0 Å². The summed E-state index contributed by atoms with van der Waals surface area (Å²) in [5.41, 5.74) is 7.91. The van der Waals surface area contributed by atoms with E-state index in [9.17, 15) is 0 Å². The minimum absolute atomic E-state index is 0.586. The summed E-state index contributed by atoms with van der Waals surface area (Å²) >= 11 is 6.83. The van der Waals surface area contributed by atoms with Crippen LogP contribution >= 0.6 is 31.9 Å². The van der Waals surface area contributed by atoms with Crippen LogP contribution < -0.4 is 5.73 Å². The highest BCUT2D eigenvalue weighted by atomic mass is 79.9. The fraction of sp³-hybridized carbons (Fsp3) is 0.250. The van der Waals surface area contributed by atoms with Gasteiger partial charge in [-0.25, -0.2) is 0 Å². The Balaban J connectivity index is 2.99. The Hall–Kier alpha value is 0.140. The summed E-state index contributed by atoms with van der Waals surface area (Å²) in [6.45, 7) is 0.586. The third-order valence-electron chi connectivity index (χ3n) is 1.49. The molecule has 1 aromatic carbocycles. The van der Waals surface area contributed by atoms with Crippen molar-refractivity contribution in [3.05, 3.63) is 33.8 Å². The van der Waals surface area contributed by atoms with Crippen molar-refractivity contribution in [3.63, 3.8) is 0 Å². The molecule has 2 N–H and O–H groups in total. The van der Waals surface area contributed by atoms with Crippen molar-refractivity contribution in [2.75, 3.05) is 0 Å². The lowest BCUT2D eigenvalue weighted by Gasteiger charge is -2.02. The second-order valence-electron chi connectivity index (χ2n) is 2.26. The second-order valence-corrected chi connectivity index (χ2v) is 3.68. The molecule has 0 unspecified atom stereocenters.